The maximum Gasteiger partial charge on any atom is 0.340 e. The van der Waals surface area contributed by atoms with Crippen molar-refractivity contribution in [1.29, 1.82) is 0 Å². The van der Waals surface area contributed by atoms with Crippen molar-refractivity contribution in [1.82, 2.24) is 0 Å². The molecular formula is C15H14BrFN2O2. The molecule has 2 rings (SSSR count). The predicted octanol–water partition coefficient (Wildman–Crippen LogP) is 4.01. The van der Waals surface area contributed by atoms with E-state index in [1.807, 2.05) is 6.92 Å². The molecule has 0 amide bonds. The number of methoxy groups -OCH3 is 1. The third kappa shape index (κ3) is 3.33. The number of carbonyl (C=O) groups excluding carboxylic acids is 1. The van der Waals surface area contributed by atoms with E-state index in [0.717, 1.165) is 5.56 Å². The highest BCUT2D eigenvalue weighted by Crippen LogP contribution is 2.29. The van der Waals surface area contributed by atoms with Crippen LogP contribution in [0, 0.1) is 12.7 Å². The quantitative estimate of drug-likeness (QED) is 0.647. The number of nitrogens with two attached hydrogens (primary N) is 1. The number of aryl methyl sites for hydroxylation is 1. The van der Waals surface area contributed by atoms with E-state index in [1.54, 1.807) is 18.2 Å². The summed E-state index contributed by atoms with van der Waals surface area (Å²) < 4.78 is 18.8. The smallest absolute Gasteiger partial charge is 0.340 e. The van der Waals surface area contributed by atoms with Crippen LogP contribution in [0.15, 0.2) is 34.8 Å². The number of rotatable bonds is 3. The van der Waals surface area contributed by atoms with E-state index in [4.69, 9.17) is 10.5 Å². The van der Waals surface area contributed by atoms with Crippen LogP contribution < -0.4 is 11.1 Å². The first-order valence-corrected chi connectivity index (χ1v) is 6.92. The largest absolute Gasteiger partial charge is 0.465 e. The number of anilines is 3. The zero-order chi connectivity index (χ0) is 15.6. The van der Waals surface area contributed by atoms with Gasteiger partial charge in [0.1, 0.15) is 5.82 Å². The summed E-state index contributed by atoms with van der Waals surface area (Å²) in [5.41, 5.74) is 8.31. The number of nitrogens with one attached hydrogen (secondary N) is 1. The molecule has 0 aromatic heterocycles. The molecule has 6 heteroatoms. The van der Waals surface area contributed by atoms with Gasteiger partial charge in [-0.3, -0.25) is 0 Å². The molecule has 2 aromatic carbocycles. The van der Waals surface area contributed by atoms with Crippen LogP contribution in [-0.4, -0.2) is 13.1 Å². The molecule has 110 valence electrons. The van der Waals surface area contributed by atoms with Crippen molar-refractivity contribution in [2.45, 2.75) is 6.92 Å². The average Bonchev–Trinajstić information content (AvgIpc) is 2.45. The van der Waals surface area contributed by atoms with Crippen LogP contribution in [0.3, 0.4) is 0 Å². The second kappa shape index (κ2) is 6.13. The fourth-order valence-corrected chi connectivity index (χ4v) is 2.33. The van der Waals surface area contributed by atoms with Gasteiger partial charge in [-0.15, -0.1) is 0 Å². The highest BCUT2D eigenvalue weighted by atomic mass is 79.9. The molecule has 2 aromatic rings. The Bertz CT molecular complexity index is 704. The van der Waals surface area contributed by atoms with Crippen molar-refractivity contribution in [2.75, 3.05) is 18.2 Å². The molecule has 0 unspecified atom stereocenters. The molecule has 3 N–H and O–H groups in total. The van der Waals surface area contributed by atoms with E-state index in [1.165, 1.54) is 19.2 Å². The average molecular weight is 353 g/mol. The molecule has 0 aliphatic carbocycles. The third-order valence-electron chi connectivity index (χ3n) is 2.99. The molecule has 0 heterocycles. The van der Waals surface area contributed by atoms with Gasteiger partial charge in [0.05, 0.1) is 22.8 Å². The third-order valence-corrected chi connectivity index (χ3v) is 3.59. The summed E-state index contributed by atoms with van der Waals surface area (Å²) in [6, 6.07) is 7.84. The fraction of sp³-hybridized carbons (Fsp3) is 0.133. The van der Waals surface area contributed by atoms with Crippen molar-refractivity contribution in [2.24, 2.45) is 0 Å². The number of esters is 1. The molecule has 4 nitrogen and oxygen atoms in total. The molecule has 0 bridgehead atoms. The predicted molar refractivity (Wildman–Crippen MR) is 84.3 cm³/mol. The van der Waals surface area contributed by atoms with Crippen molar-refractivity contribution >= 4 is 39.0 Å². The van der Waals surface area contributed by atoms with Crippen molar-refractivity contribution < 1.29 is 13.9 Å². The molecule has 0 atom stereocenters. The summed E-state index contributed by atoms with van der Waals surface area (Å²) in [5.74, 6) is -0.904. The summed E-state index contributed by atoms with van der Waals surface area (Å²) >= 11 is 3.13. The van der Waals surface area contributed by atoms with Crippen molar-refractivity contribution in [3.63, 3.8) is 0 Å². The van der Waals surface area contributed by atoms with Crippen LogP contribution in [0.25, 0.3) is 0 Å². The Morgan fingerprint density at radius 3 is 2.67 bits per heavy atom. The van der Waals surface area contributed by atoms with Crippen molar-refractivity contribution in [3.05, 3.63) is 51.7 Å². The van der Waals surface area contributed by atoms with E-state index in [2.05, 4.69) is 21.2 Å². The molecule has 0 aliphatic rings. The lowest BCUT2D eigenvalue weighted by atomic mass is 10.1. The van der Waals surface area contributed by atoms with E-state index < -0.39 is 11.8 Å². The number of carbonyl (C=O) groups is 1. The Morgan fingerprint density at radius 1 is 1.29 bits per heavy atom. The zero-order valence-corrected chi connectivity index (χ0v) is 13.1. The minimum Gasteiger partial charge on any atom is -0.465 e. The monoisotopic (exact) mass is 352 g/mol. The summed E-state index contributed by atoms with van der Waals surface area (Å²) in [6.07, 6.45) is 0. The van der Waals surface area contributed by atoms with Crippen LogP contribution in [0.5, 0.6) is 0 Å². The highest BCUT2D eigenvalue weighted by molar-refractivity contribution is 9.10. The number of benzene rings is 2. The van der Waals surface area contributed by atoms with Gasteiger partial charge >= 0.3 is 5.97 Å². The van der Waals surface area contributed by atoms with Gasteiger partial charge in [-0.25, -0.2) is 9.18 Å². The topological polar surface area (TPSA) is 64.3 Å². The highest BCUT2D eigenvalue weighted by Gasteiger charge is 2.14. The maximum atomic E-state index is 13.7. The van der Waals surface area contributed by atoms with Crippen LogP contribution in [0.1, 0.15) is 15.9 Å². The Labute approximate surface area is 130 Å². The summed E-state index contributed by atoms with van der Waals surface area (Å²) in [5, 5.41) is 3.03. The minimum absolute atomic E-state index is 0.292. The van der Waals surface area contributed by atoms with Gasteiger partial charge in [-0.1, -0.05) is 0 Å². The van der Waals surface area contributed by atoms with E-state index in [-0.39, 0.29) is 0 Å². The van der Waals surface area contributed by atoms with Crippen LogP contribution >= 0.6 is 15.9 Å². The van der Waals surface area contributed by atoms with Gasteiger partial charge in [0.15, 0.2) is 0 Å². The lowest BCUT2D eigenvalue weighted by Crippen LogP contribution is -2.07. The Kier molecular flexibility index (Phi) is 4.47. The molecular weight excluding hydrogens is 339 g/mol. The summed E-state index contributed by atoms with van der Waals surface area (Å²) in [4.78, 5) is 11.8. The van der Waals surface area contributed by atoms with Gasteiger partial charge < -0.3 is 15.8 Å². The van der Waals surface area contributed by atoms with Crippen LogP contribution in [0.2, 0.25) is 0 Å². The SMILES string of the molecule is COC(=O)c1cc(N)ccc1Nc1cc(F)c(Br)cc1C. The van der Waals surface area contributed by atoms with E-state index in [0.29, 0.717) is 27.1 Å². The van der Waals surface area contributed by atoms with Gasteiger partial charge in [0.2, 0.25) is 0 Å². The van der Waals surface area contributed by atoms with Gasteiger partial charge in [0, 0.05) is 11.4 Å². The Morgan fingerprint density at radius 2 is 2.00 bits per heavy atom. The van der Waals surface area contributed by atoms with Crippen molar-refractivity contribution in [3.8, 4) is 0 Å². The van der Waals surface area contributed by atoms with Gasteiger partial charge in [0.25, 0.3) is 0 Å². The van der Waals surface area contributed by atoms with E-state index >= 15 is 0 Å². The molecule has 0 saturated heterocycles. The Hall–Kier alpha value is -2.08. The van der Waals surface area contributed by atoms with Crippen LogP contribution in [-0.2, 0) is 4.74 Å². The zero-order valence-electron chi connectivity index (χ0n) is 11.5. The first-order chi connectivity index (χ1) is 9.92. The number of hydrogen-bond acceptors (Lipinski definition) is 4. The molecule has 0 fully saturated rings. The second-order valence-electron chi connectivity index (χ2n) is 4.50. The minimum atomic E-state index is -0.514. The lowest BCUT2D eigenvalue weighted by Gasteiger charge is -2.14. The molecule has 0 spiro atoms. The molecule has 0 saturated carbocycles. The van der Waals surface area contributed by atoms with E-state index in [9.17, 15) is 9.18 Å². The maximum absolute atomic E-state index is 13.7. The lowest BCUT2D eigenvalue weighted by molar-refractivity contribution is 0.0602. The first kappa shape index (κ1) is 15.3. The fourth-order valence-electron chi connectivity index (χ4n) is 1.88. The number of nitrogen functional groups attached to an aromatic ring is 1. The molecule has 0 aliphatic heterocycles. The summed E-state index contributed by atoms with van der Waals surface area (Å²) in [6.45, 7) is 1.83. The van der Waals surface area contributed by atoms with Crippen LogP contribution in [0.4, 0.5) is 21.5 Å². The summed E-state index contributed by atoms with van der Waals surface area (Å²) in [7, 11) is 1.29. The van der Waals surface area contributed by atoms with Gasteiger partial charge in [-0.2, -0.15) is 0 Å². The molecule has 0 radical (unpaired) electrons. The molecule has 21 heavy (non-hydrogen) atoms. The standard InChI is InChI=1S/C15H14BrFN2O2/c1-8-5-11(16)12(17)7-14(8)19-13-4-3-9(18)6-10(13)15(20)21-2/h3-7,19H,18H2,1-2H3. The number of hydrogen-bond donors (Lipinski definition) is 2. The van der Waals surface area contributed by atoms with Gasteiger partial charge in [-0.05, 0) is 58.7 Å². The normalized spacial score (nSPS) is 10.3. The Balaban J connectivity index is 2.44. The number of ether oxygens (including phenoxy) is 1. The first-order valence-electron chi connectivity index (χ1n) is 6.13. The number of halogens is 2. The second-order valence-corrected chi connectivity index (χ2v) is 5.36.